The number of benzene rings is 1. The van der Waals surface area contributed by atoms with Crippen LogP contribution in [-0.2, 0) is 9.59 Å². The van der Waals surface area contributed by atoms with Gasteiger partial charge in [-0.1, -0.05) is 0 Å². The predicted molar refractivity (Wildman–Crippen MR) is 74.4 cm³/mol. The number of carbonyl (C=O) groups is 3. The number of rotatable bonds is 2. The lowest BCUT2D eigenvalue weighted by Crippen LogP contribution is -2.52. The summed E-state index contributed by atoms with van der Waals surface area (Å²) in [6.45, 7) is 0. The Morgan fingerprint density at radius 2 is 2.24 bits per heavy atom. The number of carbonyl (C=O) groups excluding carboxylic acids is 3. The molecule has 108 valence electrons. The van der Waals surface area contributed by atoms with Crippen LogP contribution in [-0.4, -0.2) is 45.7 Å². The highest BCUT2D eigenvalue weighted by molar-refractivity contribution is 6.04. The Hall–Kier alpha value is -2.70. The van der Waals surface area contributed by atoms with Crippen molar-refractivity contribution in [3.05, 3.63) is 30.1 Å². The first-order valence-electron chi connectivity index (χ1n) is 6.60. The van der Waals surface area contributed by atoms with E-state index in [1.807, 2.05) is 0 Å². The number of nitrogens with one attached hydrogen (secondary N) is 2. The summed E-state index contributed by atoms with van der Waals surface area (Å²) in [5.41, 5.74) is 1.97. The van der Waals surface area contributed by atoms with Gasteiger partial charge in [0.15, 0.2) is 0 Å². The van der Waals surface area contributed by atoms with E-state index in [0.29, 0.717) is 12.0 Å². The zero-order valence-corrected chi connectivity index (χ0v) is 11.4. The standard InChI is InChI=1S/C14H14N4O3/c1-18-12(19)5-4-10(14(18)21)17-13(20)8-2-3-9-11(6-8)16-7-15-9/h2-3,6-7,10H,4-5H2,1H3,(H,15,16)(H,17,20). The summed E-state index contributed by atoms with van der Waals surface area (Å²) in [7, 11) is 1.43. The fourth-order valence-corrected chi connectivity index (χ4v) is 2.37. The Bertz CT molecular complexity index is 737. The second kappa shape index (κ2) is 5.01. The molecule has 0 saturated carbocycles. The molecule has 0 bridgehead atoms. The van der Waals surface area contributed by atoms with Gasteiger partial charge in [0.05, 0.1) is 17.4 Å². The number of likely N-dealkylation sites (tertiary alicyclic amines) is 1. The van der Waals surface area contributed by atoms with Gasteiger partial charge in [0.2, 0.25) is 5.91 Å². The Morgan fingerprint density at radius 3 is 3.05 bits per heavy atom. The van der Waals surface area contributed by atoms with Crippen LogP contribution in [0.2, 0.25) is 0 Å². The zero-order chi connectivity index (χ0) is 15.0. The van der Waals surface area contributed by atoms with Crippen molar-refractivity contribution in [1.82, 2.24) is 20.2 Å². The number of hydrogen-bond acceptors (Lipinski definition) is 4. The Labute approximate surface area is 120 Å². The molecule has 3 amide bonds. The molecule has 2 aromatic rings. The van der Waals surface area contributed by atoms with Crippen molar-refractivity contribution in [2.45, 2.75) is 18.9 Å². The number of amides is 3. The SMILES string of the molecule is CN1C(=O)CCC(NC(=O)c2ccc3nc[nH]c3c2)C1=O. The molecule has 1 aliphatic heterocycles. The first-order valence-corrected chi connectivity index (χ1v) is 6.60. The molecule has 7 nitrogen and oxygen atoms in total. The first-order chi connectivity index (χ1) is 10.1. The molecule has 7 heteroatoms. The molecule has 1 aromatic carbocycles. The normalized spacial score (nSPS) is 19.1. The third-order valence-corrected chi connectivity index (χ3v) is 3.64. The summed E-state index contributed by atoms with van der Waals surface area (Å²) < 4.78 is 0. The highest BCUT2D eigenvalue weighted by atomic mass is 16.2. The van der Waals surface area contributed by atoms with E-state index in [1.165, 1.54) is 7.05 Å². The zero-order valence-electron chi connectivity index (χ0n) is 11.4. The van der Waals surface area contributed by atoms with Crippen molar-refractivity contribution in [3.8, 4) is 0 Å². The van der Waals surface area contributed by atoms with Gasteiger partial charge in [-0.15, -0.1) is 0 Å². The van der Waals surface area contributed by atoms with Crippen LogP contribution in [0.1, 0.15) is 23.2 Å². The number of fused-ring (bicyclic) bond motifs is 1. The van der Waals surface area contributed by atoms with Gasteiger partial charge in [-0.3, -0.25) is 19.3 Å². The Kier molecular flexibility index (Phi) is 3.17. The number of imidazole rings is 1. The molecule has 1 atom stereocenters. The second-order valence-corrected chi connectivity index (χ2v) is 4.99. The summed E-state index contributed by atoms with van der Waals surface area (Å²) in [4.78, 5) is 43.6. The van der Waals surface area contributed by atoms with Gasteiger partial charge in [-0.2, -0.15) is 0 Å². The number of aromatic amines is 1. The van der Waals surface area contributed by atoms with Crippen LogP contribution in [0.15, 0.2) is 24.5 Å². The van der Waals surface area contributed by atoms with Crippen LogP contribution in [0.4, 0.5) is 0 Å². The Morgan fingerprint density at radius 1 is 1.43 bits per heavy atom. The van der Waals surface area contributed by atoms with E-state index in [-0.39, 0.29) is 24.1 Å². The second-order valence-electron chi connectivity index (χ2n) is 4.99. The maximum absolute atomic E-state index is 12.2. The molecular formula is C14H14N4O3. The molecule has 2 heterocycles. The Balaban J connectivity index is 1.76. The fourth-order valence-electron chi connectivity index (χ4n) is 2.37. The molecule has 1 fully saturated rings. The summed E-state index contributed by atoms with van der Waals surface area (Å²) in [5.74, 6) is -0.931. The van der Waals surface area contributed by atoms with Crippen molar-refractivity contribution in [1.29, 1.82) is 0 Å². The lowest BCUT2D eigenvalue weighted by atomic mass is 10.0. The third-order valence-electron chi connectivity index (χ3n) is 3.64. The smallest absolute Gasteiger partial charge is 0.252 e. The quantitative estimate of drug-likeness (QED) is 0.783. The van der Waals surface area contributed by atoms with Crippen LogP contribution in [0, 0.1) is 0 Å². The average Bonchev–Trinajstić information content (AvgIpc) is 2.95. The molecule has 1 aliphatic rings. The fraction of sp³-hybridized carbons (Fsp3) is 0.286. The van der Waals surface area contributed by atoms with E-state index in [1.54, 1.807) is 24.5 Å². The van der Waals surface area contributed by atoms with Gasteiger partial charge >= 0.3 is 0 Å². The van der Waals surface area contributed by atoms with Gasteiger partial charge in [0.25, 0.3) is 11.8 Å². The molecule has 2 N–H and O–H groups in total. The largest absolute Gasteiger partial charge is 0.345 e. The highest BCUT2D eigenvalue weighted by Gasteiger charge is 2.32. The van der Waals surface area contributed by atoms with E-state index >= 15 is 0 Å². The van der Waals surface area contributed by atoms with Crippen molar-refractivity contribution >= 4 is 28.8 Å². The van der Waals surface area contributed by atoms with Crippen molar-refractivity contribution in [3.63, 3.8) is 0 Å². The number of piperidine rings is 1. The minimum absolute atomic E-state index is 0.218. The molecule has 0 aliphatic carbocycles. The van der Waals surface area contributed by atoms with Gasteiger partial charge in [0, 0.05) is 19.0 Å². The van der Waals surface area contributed by atoms with Gasteiger partial charge in [-0.25, -0.2) is 4.98 Å². The monoisotopic (exact) mass is 286 g/mol. The maximum atomic E-state index is 12.2. The number of imide groups is 1. The molecule has 1 aromatic heterocycles. The molecule has 21 heavy (non-hydrogen) atoms. The van der Waals surface area contributed by atoms with E-state index in [9.17, 15) is 14.4 Å². The van der Waals surface area contributed by atoms with E-state index in [2.05, 4.69) is 15.3 Å². The minimum atomic E-state index is -0.655. The summed E-state index contributed by atoms with van der Waals surface area (Å²) >= 11 is 0. The van der Waals surface area contributed by atoms with Crippen LogP contribution in [0.3, 0.4) is 0 Å². The number of nitrogens with zero attached hydrogens (tertiary/aromatic N) is 2. The van der Waals surface area contributed by atoms with Crippen molar-refractivity contribution < 1.29 is 14.4 Å². The molecule has 1 unspecified atom stereocenters. The average molecular weight is 286 g/mol. The topological polar surface area (TPSA) is 95.2 Å². The molecule has 0 spiro atoms. The van der Waals surface area contributed by atoms with Gasteiger partial charge < -0.3 is 10.3 Å². The lowest BCUT2D eigenvalue weighted by Gasteiger charge is -2.28. The maximum Gasteiger partial charge on any atom is 0.252 e. The van der Waals surface area contributed by atoms with Gasteiger partial charge in [0.1, 0.15) is 6.04 Å². The minimum Gasteiger partial charge on any atom is -0.345 e. The third kappa shape index (κ3) is 2.37. The van der Waals surface area contributed by atoms with E-state index < -0.39 is 6.04 Å². The van der Waals surface area contributed by atoms with E-state index in [0.717, 1.165) is 15.9 Å². The summed E-state index contributed by atoms with van der Waals surface area (Å²) in [5, 5.41) is 2.68. The lowest BCUT2D eigenvalue weighted by molar-refractivity contribution is -0.147. The van der Waals surface area contributed by atoms with Crippen LogP contribution >= 0.6 is 0 Å². The molecule has 3 rings (SSSR count). The van der Waals surface area contributed by atoms with Crippen molar-refractivity contribution in [2.75, 3.05) is 7.05 Å². The number of H-pyrrole nitrogens is 1. The summed E-state index contributed by atoms with van der Waals surface area (Å²) in [6, 6.07) is 4.41. The molecule has 0 radical (unpaired) electrons. The number of hydrogen-bond donors (Lipinski definition) is 2. The van der Waals surface area contributed by atoms with Crippen LogP contribution < -0.4 is 5.32 Å². The highest BCUT2D eigenvalue weighted by Crippen LogP contribution is 2.14. The molecular weight excluding hydrogens is 272 g/mol. The summed E-state index contributed by atoms with van der Waals surface area (Å²) in [6.07, 6.45) is 2.14. The predicted octanol–water partition coefficient (Wildman–Crippen LogP) is 0.440. The number of likely N-dealkylation sites (N-methyl/N-ethyl adjacent to an activating group) is 1. The van der Waals surface area contributed by atoms with Crippen LogP contribution in [0.25, 0.3) is 11.0 Å². The van der Waals surface area contributed by atoms with E-state index in [4.69, 9.17) is 0 Å². The van der Waals surface area contributed by atoms with Crippen molar-refractivity contribution in [2.24, 2.45) is 0 Å². The number of aromatic nitrogens is 2. The van der Waals surface area contributed by atoms with Crippen LogP contribution in [0.5, 0.6) is 0 Å². The first kappa shape index (κ1) is 13.3. The molecule has 1 saturated heterocycles. The van der Waals surface area contributed by atoms with Gasteiger partial charge in [-0.05, 0) is 24.6 Å².